The summed E-state index contributed by atoms with van der Waals surface area (Å²) in [5.74, 6) is 0.807. The minimum atomic E-state index is -2.17. The molecule has 0 aliphatic carbocycles. The molecular formula is C49H52IrN4OSi-2. The summed E-state index contributed by atoms with van der Waals surface area (Å²) in [5.41, 5.74) is 9.19. The number of furan rings is 1. The van der Waals surface area contributed by atoms with Gasteiger partial charge >= 0.3 is 0 Å². The van der Waals surface area contributed by atoms with Gasteiger partial charge < -0.3 is 14.0 Å². The normalized spacial score (nSPS) is 13.9. The van der Waals surface area contributed by atoms with E-state index in [1.54, 1.807) is 18.3 Å². The molecule has 4 aromatic carbocycles. The largest absolute Gasteiger partial charge is 0.486 e. The standard InChI is InChI=1S/C29H24N3O.C20H28NSi.Ir/c1-18-12-17-22-21-8-7-9-23(26(21)33-28(22)30-18)27-31-24-10-5-6-11-25(24)32(27)20-15-13-19(14-16-20)29(2,3)4;1-15-8-10-16(11-9-15)18-12-17(13-20(2,3)4)19(14-21-18)22(5,6)7;/h5-8,10-17H,1-4H3;8-10,12,14H,13H2,1-7H3;/q2*-1;/i;1D3,13D2;. The van der Waals surface area contributed by atoms with Gasteiger partial charge in [0.15, 0.2) is 0 Å². The monoisotopic (exact) mass is 938 g/mol. The van der Waals surface area contributed by atoms with Crippen LogP contribution in [0, 0.1) is 31.3 Å². The van der Waals surface area contributed by atoms with E-state index in [-0.39, 0.29) is 31.1 Å². The van der Waals surface area contributed by atoms with Gasteiger partial charge in [0.05, 0.1) is 30.5 Å². The summed E-state index contributed by atoms with van der Waals surface area (Å²) in [5, 5.41) is 3.03. The number of hydrogen-bond donors (Lipinski definition) is 0. The third-order valence-electron chi connectivity index (χ3n) is 9.52. The van der Waals surface area contributed by atoms with Gasteiger partial charge in [0, 0.05) is 49.9 Å². The second-order valence-electron chi connectivity index (χ2n) is 17.3. The van der Waals surface area contributed by atoms with Crippen LogP contribution >= 0.6 is 0 Å². The molecule has 0 spiro atoms. The SMILES string of the molecule is Cc1ccc2c(n1)oc1c(-c3nc4ccccc4n3-c3ccc(C(C)(C)C)cc3)[c-]ccc12.[2H]C([2H])([2H])c1c[c-]c(-c2cc(C([2H])([2H])C(C)(C)C)c([Si](C)(C)C)cn2)cc1.[Ir]. The topological polar surface area (TPSA) is 56.7 Å². The fraction of sp³-hybridized carbons (Fsp3) is 0.286. The molecule has 8 aromatic rings. The minimum Gasteiger partial charge on any atom is -0.486 e. The Balaban J connectivity index is 0.000000206. The van der Waals surface area contributed by atoms with Crippen LogP contribution < -0.4 is 5.19 Å². The van der Waals surface area contributed by atoms with Crippen LogP contribution in [0.15, 0.2) is 108 Å². The van der Waals surface area contributed by atoms with Crippen molar-refractivity contribution >= 4 is 46.4 Å². The molecule has 0 saturated heterocycles. The molecule has 56 heavy (non-hydrogen) atoms. The van der Waals surface area contributed by atoms with E-state index in [1.165, 1.54) is 11.6 Å². The summed E-state index contributed by atoms with van der Waals surface area (Å²) in [6.07, 6.45) is 0.269. The molecule has 4 aromatic heterocycles. The fourth-order valence-electron chi connectivity index (χ4n) is 6.74. The number of fused-ring (bicyclic) bond motifs is 4. The van der Waals surface area contributed by atoms with Gasteiger partial charge in [0.1, 0.15) is 0 Å². The van der Waals surface area contributed by atoms with E-state index in [9.17, 15) is 0 Å². The first-order valence-electron chi connectivity index (χ1n) is 21.3. The van der Waals surface area contributed by atoms with E-state index < -0.39 is 26.7 Å². The first-order chi connectivity index (χ1) is 27.9. The predicted molar refractivity (Wildman–Crippen MR) is 233 cm³/mol. The van der Waals surface area contributed by atoms with Crippen molar-refractivity contribution in [1.82, 2.24) is 19.5 Å². The van der Waals surface area contributed by atoms with Crippen molar-refractivity contribution in [1.29, 1.82) is 0 Å². The van der Waals surface area contributed by atoms with E-state index in [0.29, 0.717) is 22.5 Å². The molecule has 0 atom stereocenters. The molecule has 5 nitrogen and oxygen atoms in total. The first-order valence-corrected chi connectivity index (χ1v) is 22.3. The zero-order valence-electron chi connectivity index (χ0n) is 38.8. The molecule has 0 amide bonds. The van der Waals surface area contributed by atoms with E-state index >= 15 is 0 Å². The van der Waals surface area contributed by atoms with E-state index in [0.717, 1.165) is 55.3 Å². The van der Waals surface area contributed by atoms with Crippen LogP contribution in [0.1, 0.15) is 70.8 Å². The Morgan fingerprint density at radius 1 is 0.857 bits per heavy atom. The predicted octanol–water partition coefficient (Wildman–Crippen LogP) is 12.4. The number of para-hydroxylation sites is 2. The number of aryl methyl sites for hydroxylation is 2. The summed E-state index contributed by atoms with van der Waals surface area (Å²) in [6.45, 7) is 18.7. The summed E-state index contributed by atoms with van der Waals surface area (Å²) < 4.78 is 48.5. The number of rotatable bonds is 5. The van der Waals surface area contributed by atoms with Crippen LogP contribution in [0.4, 0.5) is 0 Å². The number of nitrogens with zero attached hydrogens (tertiary/aromatic N) is 4. The van der Waals surface area contributed by atoms with Crippen molar-refractivity contribution in [3.63, 3.8) is 0 Å². The second kappa shape index (κ2) is 15.7. The smallest absolute Gasteiger partial charge is 0.216 e. The fourth-order valence-corrected chi connectivity index (χ4v) is 8.13. The Labute approximate surface area is 354 Å². The van der Waals surface area contributed by atoms with Gasteiger partial charge in [-0.15, -0.1) is 53.6 Å². The van der Waals surface area contributed by atoms with Crippen LogP contribution in [-0.2, 0) is 31.9 Å². The maximum Gasteiger partial charge on any atom is 0.216 e. The van der Waals surface area contributed by atoms with Gasteiger partial charge in [-0.1, -0.05) is 115 Å². The molecular weight excluding hydrogens is 881 g/mol. The summed E-state index contributed by atoms with van der Waals surface area (Å²) in [4.78, 5) is 14.2. The average Bonchev–Trinajstić information content (AvgIpc) is 3.75. The van der Waals surface area contributed by atoms with Crippen molar-refractivity contribution in [3.05, 3.63) is 138 Å². The molecule has 4 heterocycles. The van der Waals surface area contributed by atoms with Gasteiger partial charge in [0.2, 0.25) is 5.71 Å². The molecule has 0 aliphatic heterocycles. The molecule has 289 valence electrons. The molecule has 7 heteroatoms. The number of aromatic nitrogens is 4. The number of pyridine rings is 2. The number of imidazole rings is 1. The van der Waals surface area contributed by atoms with Gasteiger partial charge in [-0.3, -0.25) is 4.98 Å². The molecule has 0 aliphatic rings. The maximum absolute atomic E-state index is 8.79. The van der Waals surface area contributed by atoms with E-state index in [1.807, 2.05) is 70.2 Å². The van der Waals surface area contributed by atoms with Gasteiger partial charge in [-0.25, -0.2) is 4.98 Å². The quantitative estimate of drug-likeness (QED) is 0.127. The molecule has 0 N–H and O–H groups in total. The van der Waals surface area contributed by atoms with Crippen LogP contribution in [0.3, 0.4) is 0 Å². The third-order valence-corrected chi connectivity index (χ3v) is 11.5. The number of hydrogen-bond acceptors (Lipinski definition) is 4. The van der Waals surface area contributed by atoms with Crippen molar-refractivity contribution in [2.75, 3.05) is 0 Å². The molecule has 0 fully saturated rings. The Bertz CT molecular complexity index is 2840. The Morgan fingerprint density at radius 2 is 1.61 bits per heavy atom. The zero-order valence-corrected chi connectivity index (χ0v) is 37.2. The van der Waals surface area contributed by atoms with Crippen LogP contribution in [-0.4, -0.2) is 27.6 Å². The second-order valence-corrected chi connectivity index (χ2v) is 22.3. The molecule has 0 saturated carbocycles. The Hall–Kier alpha value is -4.68. The molecule has 1 radical (unpaired) electrons. The summed E-state index contributed by atoms with van der Waals surface area (Å²) >= 11 is 0. The van der Waals surface area contributed by atoms with E-state index in [4.69, 9.17) is 16.3 Å². The van der Waals surface area contributed by atoms with Gasteiger partial charge in [0.25, 0.3) is 0 Å². The van der Waals surface area contributed by atoms with Crippen LogP contribution in [0.5, 0.6) is 0 Å². The van der Waals surface area contributed by atoms with Crippen molar-refractivity contribution in [2.45, 2.75) is 86.7 Å². The Kier molecular flexibility index (Phi) is 9.68. The van der Waals surface area contributed by atoms with E-state index in [2.05, 4.69) is 103 Å². The summed E-state index contributed by atoms with van der Waals surface area (Å²) in [7, 11) is -1.81. The average molecular weight is 938 g/mol. The van der Waals surface area contributed by atoms with Crippen LogP contribution in [0.2, 0.25) is 19.6 Å². The van der Waals surface area contributed by atoms with Crippen molar-refractivity contribution in [3.8, 4) is 28.3 Å². The third kappa shape index (κ3) is 8.66. The van der Waals surface area contributed by atoms with Crippen molar-refractivity contribution < 1.29 is 31.4 Å². The van der Waals surface area contributed by atoms with Crippen LogP contribution in [0.25, 0.3) is 61.4 Å². The Morgan fingerprint density at radius 3 is 2.27 bits per heavy atom. The molecule has 0 bridgehead atoms. The first kappa shape index (κ1) is 34.6. The summed E-state index contributed by atoms with van der Waals surface area (Å²) in [6, 6.07) is 38.0. The van der Waals surface area contributed by atoms with Crippen molar-refractivity contribution in [2.24, 2.45) is 5.41 Å². The maximum atomic E-state index is 8.79. The van der Waals surface area contributed by atoms with Gasteiger partial charge in [-0.2, -0.15) is 0 Å². The molecule has 8 rings (SSSR count). The zero-order chi connectivity index (χ0) is 43.6. The van der Waals surface area contributed by atoms with Gasteiger partial charge in [-0.05, 0) is 77.0 Å². The minimum absolute atomic E-state index is 0. The molecule has 0 unspecified atom stereocenters. The number of benzene rings is 4.